The number of nitrogens with zero attached hydrogens (tertiary/aromatic N) is 2. The van der Waals surface area contributed by atoms with Gasteiger partial charge < -0.3 is 15.0 Å². The molecule has 1 N–H and O–H groups in total. The van der Waals surface area contributed by atoms with Crippen LogP contribution >= 0.6 is 0 Å². The molecule has 1 fully saturated rings. The van der Waals surface area contributed by atoms with E-state index in [1.807, 2.05) is 25.1 Å². The summed E-state index contributed by atoms with van der Waals surface area (Å²) in [5, 5.41) is 3.02. The summed E-state index contributed by atoms with van der Waals surface area (Å²) in [4.78, 5) is 17.3. The summed E-state index contributed by atoms with van der Waals surface area (Å²) >= 11 is 0. The van der Waals surface area contributed by atoms with Crippen molar-refractivity contribution < 1.29 is 9.53 Å². The zero-order chi connectivity index (χ0) is 19.1. The van der Waals surface area contributed by atoms with Crippen LogP contribution < -0.4 is 15.0 Å². The molecule has 1 aliphatic rings. The third-order valence-electron chi connectivity index (χ3n) is 5.03. The van der Waals surface area contributed by atoms with Gasteiger partial charge in [-0.3, -0.25) is 9.69 Å². The van der Waals surface area contributed by atoms with Crippen LogP contribution in [0, 0.1) is 6.92 Å². The first-order valence-corrected chi connectivity index (χ1v) is 9.62. The van der Waals surface area contributed by atoms with Crippen LogP contribution in [-0.4, -0.2) is 57.2 Å². The molecule has 0 spiro atoms. The van der Waals surface area contributed by atoms with Crippen molar-refractivity contribution >= 4 is 11.6 Å². The number of hydrogen-bond donors (Lipinski definition) is 1. The predicted molar refractivity (Wildman–Crippen MR) is 110 cm³/mol. The third kappa shape index (κ3) is 5.23. The number of nitrogens with one attached hydrogen (secondary N) is 1. The number of methoxy groups -OCH3 is 1. The second-order valence-corrected chi connectivity index (χ2v) is 6.98. The average Bonchev–Trinajstić information content (AvgIpc) is 2.72. The quantitative estimate of drug-likeness (QED) is 0.765. The minimum absolute atomic E-state index is 0.0653. The van der Waals surface area contributed by atoms with Crippen LogP contribution in [-0.2, 0) is 0 Å². The van der Waals surface area contributed by atoms with Gasteiger partial charge in [0.2, 0.25) is 0 Å². The molecule has 0 bridgehead atoms. The molecule has 0 unspecified atom stereocenters. The van der Waals surface area contributed by atoms with Crippen LogP contribution in [0.1, 0.15) is 22.3 Å². The maximum atomic E-state index is 12.4. The Hall–Kier alpha value is -2.53. The maximum absolute atomic E-state index is 12.4. The summed E-state index contributed by atoms with van der Waals surface area (Å²) in [6.45, 7) is 7.89. The van der Waals surface area contributed by atoms with Gasteiger partial charge in [-0.25, -0.2) is 0 Å². The Kier molecular flexibility index (Phi) is 6.71. The lowest BCUT2D eigenvalue weighted by molar-refractivity contribution is 0.0948. The molecule has 1 amide bonds. The highest BCUT2D eigenvalue weighted by atomic mass is 16.5. The number of carbonyl (C=O) groups excluding carboxylic acids is 1. The van der Waals surface area contributed by atoms with E-state index in [0.717, 1.165) is 44.7 Å². The number of hydrogen-bond acceptors (Lipinski definition) is 4. The number of amides is 1. The Labute approximate surface area is 161 Å². The highest BCUT2D eigenvalue weighted by Crippen LogP contribution is 2.19. The lowest BCUT2D eigenvalue weighted by atomic mass is 10.1. The van der Waals surface area contributed by atoms with E-state index in [2.05, 4.69) is 45.4 Å². The van der Waals surface area contributed by atoms with Gasteiger partial charge in [0.25, 0.3) is 5.91 Å². The molecule has 0 atom stereocenters. The first-order chi connectivity index (χ1) is 13.2. The van der Waals surface area contributed by atoms with Gasteiger partial charge in [0.15, 0.2) is 0 Å². The number of anilines is 1. The maximum Gasteiger partial charge on any atom is 0.255 e. The monoisotopic (exact) mass is 367 g/mol. The standard InChI is InChI=1S/C22H29N3O2/c1-18-9-10-21(27-2)20(17-18)22(26)23-11-6-12-24-13-15-25(16-14-24)19-7-4-3-5-8-19/h3-5,7-10,17H,6,11-16H2,1-2H3,(H,23,26). The summed E-state index contributed by atoms with van der Waals surface area (Å²) < 4.78 is 5.30. The Morgan fingerprint density at radius 2 is 1.81 bits per heavy atom. The van der Waals surface area contributed by atoms with E-state index in [1.54, 1.807) is 7.11 Å². The van der Waals surface area contributed by atoms with Crippen LogP contribution in [0.5, 0.6) is 5.75 Å². The van der Waals surface area contributed by atoms with Crippen molar-refractivity contribution in [3.63, 3.8) is 0 Å². The normalized spacial score (nSPS) is 14.8. The van der Waals surface area contributed by atoms with E-state index in [1.165, 1.54) is 5.69 Å². The fraction of sp³-hybridized carbons (Fsp3) is 0.409. The number of para-hydroxylation sites is 1. The number of ether oxygens (including phenoxy) is 1. The molecule has 2 aromatic rings. The smallest absolute Gasteiger partial charge is 0.255 e. The van der Waals surface area contributed by atoms with Crippen molar-refractivity contribution in [3.8, 4) is 5.75 Å². The fourth-order valence-corrected chi connectivity index (χ4v) is 3.47. The molecule has 0 saturated carbocycles. The molecule has 5 nitrogen and oxygen atoms in total. The molecular weight excluding hydrogens is 338 g/mol. The summed E-state index contributed by atoms with van der Waals surface area (Å²) in [5.41, 5.74) is 2.96. The van der Waals surface area contributed by atoms with E-state index in [0.29, 0.717) is 17.9 Å². The largest absolute Gasteiger partial charge is 0.496 e. The molecule has 3 rings (SSSR count). The molecule has 2 aromatic carbocycles. The van der Waals surface area contributed by atoms with Gasteiger partial charge in [-0.2, -0.15) is 0 Å². The van der Waals surface area contributed by atoms with Crippen molar-refractivity contribution in [2.75, 3.05) is 51.3 Å². The van der Waals surface area contributed by atoms with Crippen LogP contribution in [0.15, 0.2) is 48.5 Å². The number of aryl methyl sites for hydroxylation is 1. The Morgan fingerprint density at radius 1 is 1.07 bits per heavy atom. The minimum atomic E-state index is -0.0653. The van der Waals surface area contributed by atoms with Gasteiger partial charge >= 0.3 is 0 Å². The van der Waals surface area contributed by atoms with Gasteiger partial charge in [0, 0.05) is 38.4 Å². The molecule has 1 aliphatic heterocycles. The van der Waals surface area contributed by atoms with Crippen molar-refractivity contribution in [1.29, 1.82) is 0 Å². The highest BCUT2D eigenvalue weighted by molar-refractivity contribution is 5.97. The van der Waals surface area contributed by atoms with E-state index in [-0.39, 0.29) is 5.91 Å². The number of piperazine rings is 1. The second-order valence-electron chi connectivity index (χ2n) is 6.98. The molecule has 0 radical (unpaired) electrons. The summed E-state index contributed by atoms with van der Waals surface area (Å²) in [6, 6.07) is 16.2. The zero-order valence-electron chi connectivity index (χ0n) is 16.3. The lowest BCUT2D eigenvalue weighted by Gasteiger charge is -2.36. The fourth-order valence-electron chi connectivity index (χ4n) is 3.47. The molecule has 1 heterocycles. The van der Waals surface area contributed by atoms with Gasteiger partial charge in [-0.15, -0.1) is 0 Å². The molecule has 0 aliphatic carbocycles. The van der Waals surface area contributed by atoms with Crippen molar-refractivity contribution in [3.05, 3.63) is 59.7 Å². The first-order valence-electron chi connectivity index (χ1n) is 9.62. The Bertz CT molecular complexity index is 740. The molecule has 1 saturated heterocycles. The molecule has 144 valence electrons. The van der Waals surface area contributed by atoms with E-state index >= 15 is 0 Å². The van der Waals surface area contributed by atoms with Crippen LogP contribution in [0.2, 0.25) is 0 Å². The summed E-state index contributed by atoms with van der Waals surface area (Å²) in [5.74, 6) is 0.555. The lowest BCUT2D eigenvalue weighted by Crippen LogP contribution is -2.47. The average molecular weight is 367 g/mol. The van der Waals surface area contributed by atoms with Crippen LogP contribution in [0.3, 0.4) is 0 Å². The van der Waals surface area contributed by atoms with Crippen LogP contribution in [0.25, 0.3) is 0 Å². The van der Waals surface area contributed by atoms with E-state index in [4.69, 9.17) is 4.74 Å². The molecular formula is C22H29N3O2. The number of benzene rings is 2. The molecule has 0 aromatic heterocycles. The zero-order valence-corrected chi connectivity index (χ0v) is 16.3. The Balaban J connectivity index is 1.39. The first kappa shape index (κ1) is 19.2. The third-order valence-corrected chi connectivity index (χ3v) is 5.03. The van der Waals surface area contributed by atoms with Crippen molar-refractivity contribution in [1.82, 2.24) is 10.2 Å². The summed E-state index contributed by atoms with van der Waals surface area (Å²) in [7, 11) is 1.59. The highest BCUT2D eigenvalue weighted by Gasteiger charge is 2.17. The van der Waals surface area contributed by atoms with Gasteiger partial charge in [0.1, 0.15) is 5.75 Å². The van der Waals surface area contributed by atoms with E-state index < -0.39 is 0 Å². The van der Waals surface area contributed by atoms with Gasteiger partial charge in [-0.05, 0) is 44.2 Å². The minimum Gasteiger partial charge on any atom is -0.496 e. The predicted octanol–water partition coefficient (Wildman–Crippen LogP) is 2.95. The second kappa shape index (κ2) is 9.42. The van der Waals surface area contributed by atoms with Gasteiger partial charge in [-0.1, -0.05) is 29.8 Å². The number of carbonyl (C=O) groups is 1. The SMILES string of the molecule is COc1ccc(C)cc1C(=O)NCCCN1CCN(c2ccccc2)CC1. The van der Waals surface area contributed by atoms with Crippen LogP contribution in [0.4, 0.5) is 5.69 Å². The van der Waals surface area contributed by atoms with Crippen molar-refractivity contribution in [2.45, 2.75) is 13.3 Å². The molecule has 27 heavy (non-hydrogen) atoms. The van der Waals surface area contributed by atoms with Crippen molar-refractivity contribution in [2.24, 2.45) is 0 Å². The molecule has 5 heteroatoms. The Morgan fingerprint density at radius 3 is 2.52 bits per heavy atom. The van der Waals surface area contributed by atoms with E-state index in [9.17, 15) is 4.79 Å². The summed E-state index contributed by atoms with van der Waals surface area (Å²) in [6.07, 6.45) is 0.950. The topological polar surface area (TPSA) is 44.8 Å². The number of rotatable bonds is 7. The van der Waals surface area contributed by atoms with Gasteiger partial charge in [0.05, 0.1) is 12.7 Å².